The first-order valence-corrected chi connectivity index (χ1v) is 6.15. The summed E-state index contributed by atoms with van der Waals surface area (Å²) in [4.78, 5) is 11.3. The molecule has 0 heterocycles. The van der Waals surface area contributed by atoms with Gasteiger partial charge < -0.3 is 5.32 Å². The SMILES string of the molecule is C=C(C)C(=O)Nc1cccc(N=NS(=O)(=O)O)c1. The van der Waals surface area contributed by atoms with Crippen molar-refractivity contribution in [3.8, 4) is 0 Å². The lowest BCUT2D eigenvalue weighted by atomic mass is 10.2. The molecule has 1 aromatic carbocycles. The van der Waals surface area contributed by atoms with E-state index >= 15 is 0 Å². The summed E-state index contributed by atoms with van der Waals surface area (Å²) >= 11 is 0. The minimum absolute atomic E-state index is 0.173. The summed E-state index contributed by atoms with van der Waals surface area (Å²) in [5.74, 6) is -0.362. The summed E-state index contributed by atoms with van der Waals surface area (Å²) in [6.45, 7) is 5.03. The second-order valence-corrected chi connectivity index (χ2v) is 4.47. The molecule has 0 bridgehead atoms. The van der Waals surface area contributed by atoms with Gasteiger partial charge in [-0.25, -0.2) is 0 Å². The smallest absolute Gasteiger partial charge is 0.322 e. The molecule has 0 fully saturated rings. The van der Waals surface area contributed by atoms with E-state index in [-0.39, 0.29) is 11.6 Å². The van der Waals surface area contributed by atoms with Crippen molar-refractivity contribution in [2.45, 2.75) is 6.92 Å². The number of hydrogen-bond acceptors (Lipinski definition) is 4. The lowest BCUT2D eigenvalue weighted by Crippen LogP contribution is -2.11. The molecule has 8 heteroatoms. The van der Waals surface area contributed by atoms with Crippen molar-refractivity contribution in [3.63, 3.8) is 0 Å². The van der Waals surface area contributed by atoms with E-state index in [1.54, 1.807) is 19.1 Å². The van der Waals surface area contributed by atoms with Gasteiger partial charge in [0.25, 0.3) is 5.91 Å². The molecule has 0 radical (unpaired) electrons. The van der Waals surface area contributed by atoms with Gasteiger partial charge in [-0.1, -0.05) is 12.6 Å². The van der Waals surface area contributed by atoms with E-state index < -0.39 is 10.3 Å². The first-order chi connectivity index (χ1) is 8.28. The average molecular weight is 269 g/mol. The molecule has 0 saturated carbocycles. The molecule has 2 N–H and O–H groups in total. The minimum Gasteiger partial charge on any atom is -0.322 e. The molecule has 0 saturated heterocycles. The summed E-state index contributed by atoms with van der Waals surface area (Å²) in [7, 11) is -4.51. The van der Waals surface area contributed by atoms with E-state index in [4.69, 9.17) is 4.55 Å². The molecule has 0 unspecified atom stereocenters. The topological polar surface area (TPSA) is 108 Å². The number of benzene rings is 1. The Morgan fingerprint density at radius 1 is 1.44 bits per heavy atom. The van der Waals surface area contributed by atoms with Crippen molar-refractivity contribution in [3.05, 3.63) is 36.4 Å². The van der Waals surface area contributed by atoms with Crippen LogP contribution in [0.25, 0.3) is 0 Å². The van der Waals surface area contributed by atoms with Gasteiger partial charge >= 0.3 is 10.3 Å². The minimum atomic E-state index is -4.51. The number of amides is 1. The van der Waals surface area contributed by atoms with E-state index in [2.05, 4.69) is 21.5 Å². The maximum absolute atomic E-state index is 11.3. The molecule has 7 nitrogen and oxygen atoms in total. The Balaban J connectivity index is 2.90. The molecule has 0 aliphatic heterocycles. The van der Waals surface area contributed by atoms with Crippen LogP contribution in [0.1, 0.15) is 6.92 Å². The maximum atomic E-state index is 11.3. The van der Waals surface area contributed by atoms with Gasteiger partial charge in [0.1, 0.15) is 0 Å². The molecule has 96 valence electrons. The van der Waals surface area contributed by atoms with E-state index in [1.165, 1.54) is 12.1 Å². The van der Waals surface area contributed by atoms with Crippen molar-refractivity contribution in [1.82, 2.24) is 0 Å². The molecule has 0 atom stereocenters. The zero-order valence-corrected chi connectivity index (χ0v) is 10.3. The van der Waals surface area contributed by atoms with Gasteiger partial charge in [-0.05, 0) is 29.6 Å². The molecular formula is C10H11N3O4S. The first kappa shape index (κ1) is 14.0. The highest BCUT2D eigenvalue weighted by Crippen LogP contribution is 2.19. The van der Waals surface area contributed by atoms with Crippen LogP contribution in [0.2, 0.25) is 0 Å². The molecule has 0 aliphatic rings. The van der Waals surface area contributed by atoms with Crippen LogP contribution in [-0.2, 0) is 15.1 Å². The molecule has 0 aromatic heterocycles. The van der Waals surface area contributed by atoms with E-state index in [1.807, 2.05) is 0 Å². The summed E-state index contributed by atoms with van der Waals surface area (Å²) in [6.07, 6.45) is 0. The third-order valence-corrected chi connectivity index (χ3v) is 2.04. The quantitative estimate of drug-likeness (QED) is 0.495. The van der Waals surface area contributed by atoms with Crippen LogP contribution in [0.4, 0.5) is 11.4 Å². The standard InChI is InChI=1S/C10H11N3O4S/c1-7(2)10(14)11-8-4-3-5-9(6-8)12-13-18(15,16)17/h3-6H,1H2,2H3,(H,11,14)(H,15,16,17). The predicted octanol–water partition coefficient (Wildman–Crippen LogP) is 2.09. The van der Waals surface area contributed by atoms with Crippen LogP contribution in [-0.4, -0.2) is 18.9 Å². The monoisotopic (exact) mass is 269 g/mol. The third kappa shape index (κ3) is 4.85. The fraction of sp³-hybridized carbons (Fsp3) is 0.100. The molecule has 0 aliphatic carbocycles. The van der Waals surface area contributed by atoms with E-state index in [0.717, 1.165) is 0 Å². The van der Waals surface area contributed by atoms with Gasteiger partial charge in [0, 0.05) is 11.3 Å². The average Bonchev–Trinajstić information content (AvgIpc) is 2.26. The van der Waals surface area contributed by atoms with Gasteiger partial charge in [-0.15, -0.1) is 5.11 Å². The zero-order chi connectivity index (χ0) is 13.8. The second kappa shape index (κ2) is 5.52. The highest BCUT2D eigenvalue weighted by molar-refractivity contribution is 7.84. The number of hydrogen-bond donors (Lipinski definition) is 2. The number of carbonyl (C=O) groups excluding carboxylic acids is 1. The summed E-state index contributed by atoms with van der Waals surface area (Å²) in [6, 6.07) is 6.00. The number of carbonyl (C=O) groups is 1. The Morgan fingerprint density at radius 2 is 2.11 bits per heavy atom. The van der Waals surface area contributed by atoms with Crippen molar-refractivity contribution >= 4 is 27.6 Å². The highest BCUT2D eigenvalue weighted by Gasteiger charge is 2.03. The molecule has 0 spiro atoms. The van der Waals surface area contributed by atoms with E-state index in [0.29, 0.717) is 11.3 Å². The first-order valence-electron chi connectivity index (χ1n) is 4.75. The van der Waals surface area contributed by atoms with Gasteiger partial charge in [0.15, 0.2) is 0 Å². The fourth-order valence-electron chi connectivity index (χ4n) is 0.982. The van der Waals surface area contributed by atoms with Crippen molar-refractivity contribution in [2.24, 2.45) is 9.63 Å². The van der Waals surface area contributed by atoms with E-state index in [9.17, 15) is 13.2 Å². The van der Waals surface area contributed by atoms with Crippen LogP contribution in [0.15, 0.2) is 46.1 Å². The third-order valence-electron chi connectivity index (χ3n) is 1.75. The molecule has 1 amide bonds. The van der Waals surface area contributed by atoms with Crippen LogP contribution in [0.5, 0.6) is 0 Å². The van der Waals surface area contributed by atoms with Crippen LogP contribution in [0, 0.1) is 0 Å². The lowest BCUT2D eigenvalue weighted by molar-refractivity contribution is -0.112. The number of nitrogens with zero attached hydrogens (tertiary/aromatic N) is 2. The van der Waals surface area contributed by atoms with Crippen molar-refractivity contribution in [1.29, 1.82) is 0 Å². The number of nitrogens with one attached hydrogen (secondary N) is 1. The Labute approximate surface area is 104 Å². The molecule has 1 rings (SSSR count). The molecular weight excluding hydrogens is 258 g/mol. The van der Waals surface area contributed by atoms with Crippen molar-refractivity contribution < 1.29 is 17.8 Å². The molecule has 18 heavy (non-hydrogen) atoms. The van der Waals surface area contributed by atoms with Gasteiger partial charge in [0.2, 0.25) is 0 Å². The fourth-order valence-corrected chi connectivity index (χ4v) is 1.18. The Hall–Kier alpha value is -2.06. The second-order valence-electron chi connectivity index (χ2n) is 3.41. The Morgan fingerprint density at radius 3 is 2.67 bits per heavy atom. The van der Waals surface area contributed by atoms with Crippen LogP contribution >= 0.6 is 0 Å². The Bertz CT molecular complexity index is 607. The largest absolute Gasteiger partial charge is 0.396 e. The van der Waals surface area contributed by atoms with Crippen LogP contribution in [0.3, 0.4) is 0 Å². The summed E-state index contributed by atoms with van der Waals surface area (Å²) in [5, 5.41) is 5.83. The van der Waals surface area contributed by atoms with Gasteiger partial charge in [-0.2, -0.15) is 8.42 Å². The van der Waals surface area contributed by atoms with Crippen molar-refractivity contribution in [2.75, 3.05) is 5.32 Å². The normalized spacial score (nSPS) is 11.4. The predicted molar refractivity (Wildman–Crippen MR) is 66.0 cm³/mol. The Kier molecular flexibility index (Phi) is 4.29. The highest BCUT2D eigenvalue weighted by atomic mass is 32.2. The van der Waals surface area contributed by atoms with Gasteiger partial charge in [0.05, 0.1) is 5.69 Å². The van der Waals surface area contributed by atoms with Gasteiger partial charge in [-0.3, -0.25) is 9.35 Å². The maximum Gasteiger partial charge on any atom is 0.396 e. The summed E-state index contributed by atoms with van der Waals surface area (Å²) in [5.41, 5.74) is 0.918. The lowest BCUT2D eigenvalue weighted by Gasteiger charge is -2.04. The number of anilines is 1. The number of rotatable bonds is 4. The van der Waals surface area contributed by atoms with Crippen LogP contribution < -0.4 is 5.32 Å². The summed E-state index contributed by atoms with van der Waals surface area (Å²) < 4.78 is 31.8. The molecule has 1 aromatic rings. The zero-order valence-electron chi connectivity index (χ0n) is 9.49.